The second kappa shape index (κ2) is 7.02. The van der Waals surface area contributed by atoms with Crippen LogP contribution >= 0.6 is 0 Å². The molecule has 0 unspecified atom stereocenters. The van der Waals surface area contributed by atoms with Gasteiger partial charge in [0.25, 0.3) is 5.91 Å². The summed E-state index contributed by atoms with van der Waals surface area (Å²) in [6.45, 7) is 5.25. The Kier molecular flexibility index (Phi) is 4.68. The number of hydrogen-bond donors (Lipinski definition) is 0. The molecule has 148 valence electrons. The van der Waals surface area contributed by atoms with Crippen LogP contribution in [0.4, 0.5) is 5.69 Å². The Hall–Kier alpha value is -2.72. The number of nitrogens with zero attached hydrogens (tertiary/aromatic N) is 4. The highest BCUT2D eigenvalue weighted by molar-refractivity contribution is 8.08. The van der Waals surface area contributed by atoms with E-state index >= 15 is 0 Å². The van der Waals surface area contributed by atoms with E-state index in [1.807, 2.05) is 6.92 Å². The summed E-state index contributed by atoms with van der Waals surface area (Å²) < 4.78 is 36.7. The van der Waals surface area contributed by atoms with Crippen molar-refractivity contribution in [3.8, 4) is 0 Å². The second-order valence-electron chi connectivity index (χ2n) is 6.64. The molecule has 4 rings (SSSR count). The molecule has 0 aliphatic carbocycles. The number of fused-ring (bicyclic) bond motifs is 1. The van der Waals surface area contributed by atoms with Gasteiger partial charge in [0.05, 0.1) is 36.0 Å². The Bertz CT molecular complexity index is 1030. The molecule has 1 aromatic carbocycles. The largest absolute Gasteiger partial charge is 0.378 e. The number of sulfone groups is 1. The number of carbonyl (C=O) groups is 1. The number of benzene rings is 1. The van der Waals surface area contributed by atoms with E-state index in [-0.39, 0.29) is 11.4 Å². The fourth-order valence-electron chi connectivity index (χ4n) is 3.28. The minimum absolute atomic E-state index is 0.0633. The molecule has 1 aromatic heterocycles. The lowest BCUT2D eigenvalue weighted by Gasteiger charge is -2.31. The lowest BCUT2D eigenvalue weighted by Crippen LogP contribution is -2.47. The van der Waals surface area contributed by atoms with Crippen molar-refractivity contribution in [1.29, 1.82) is 0 Å². The Labute approximate surface area is 162 Å². The predicted molar refractivity (Wildman–Crippen MR) is 101 cm³/mol. The van der Waals surface area contributed by atoms with Gasteiger partial charge in [0.2, 0.25) is 14.9 Å². The molecule has 0 spiro atoms. The van der Waals surface area contributed by atoms with Gasteiger partial charge in [-0.1, -0.05) is 17.3 Å². The van der Waals surface area contributed by atoms with Crippen LogP contribution in [0.25, 0.3) is 0 Å². The van der Waals surface area contributed by atoms with Crippen molar-refractivity contribution in [2.24, 2.45) is 5.10 Å². The first-order chi connectivity index (χ1) is 13.4. The van der Waals surface area contributed by atoms with Gasteiger partial charge < -0.3 is 14.2 Å². The van der Waals surface area contributed by atoms with E-state index in [1.165, 1.54) is 16.0 Å². The first-order valence-electron chi connectivity index (χ1n) is 8.88. The van der Waals surface area contributed by atoms with Gasteiger partial charge in [0.1, 0.15) is 5.76 Å². The molecule has 1 fully saturated rings. The van der Waals surface area contributed by atoms with E-state index in [0.29, 0.717) is 43.4 Å². The van der Waals surface area contributed by atoms with Crippen LogP contribution < -0.4 is 5.01 Å². The summed E-state index contributed by atoms with van der Waals surface area (Å²) in [6.07, 6.45) is 0. The molecule has 9 nitrogen and oxygen atoms in total. The Balaban J connectivity index is 1.78. The first-order valence-corrected chi connectivity index (χ1v) is 10.4. The molecule has 28 heavy (non-hydrogen) atoms. The molecule has 2 aromatic rings. The van der Waals surface area contributed by atoms with Crippen molar-refractivity contribution in [1.82, 2.24) is 10.1 Å². The van der Waals surface area contributed by atoms with Crippen LogP contribution in [0, 0.1) is 13.8 Å². The smallest absolute Gasteiger partial charge is 0.286 e. The van der Waals surface area contributed by atoms with Gasteiger partial charge in [-0.25, -0.2) is 8.42 Å². The number of ether oxygens (including phenoxy) is 1. The molecule has 2 aliphatic heterocycles. The minimum atomic E-state index is -4.03. The highest BCUT2D eigenvalue weighted by atomic mass is 32.2. The van der Waals surface area contributed by atoms with Crippen LogP contribution in [-0.4, -0.2) is 55.7 Å². The molecule has 1 saturated heterocycles. The van der Waals surface area contributed by atoms with Gasteiger partial charge in [-0.05, 0) is 26.0 Å². The molecule has 10 heteroatoms. The van der Waals surface area contributed by atoms with E-state index in [0.717, 1.165) is 5.56 Å². The zero-order valence-electron chi connectivity index (χ0n) is 15.6. The SMILES string of the molecule is Cc1noc(C)c1CN1N=C(C(=O)N2CCOCC2)S(=O)(=O)c2ccccc21. The average Bonchev–Trinajstić information content (AvgIpc) is 3.02. The third-order valence-electron chi connectivity index (χ3n) is 4.87. The molecule has 0 N–H and O–H groups in total. The van der Waals surface area contributed by atoms with Gasteiger partial charge in [-0.3, -0.25) is 9.80 Å². The van der Waals surface area contributed by atoms with Crippen molar-refractivity contribution in [3.05, 3.63) is 41.3 Å². The second-order valence-corrected chi connectivity index (χ2v) is 8.47. The molecule has 0 radical (unpaired) electrons. The molecule has 1 amide bonds. The number of morpholine rings is 1. The first kappa shape index (κ1) is 18.6. The number of aromatic nitrogens is 1. The number of carbonyl (C=O) groups excluding carboxylic acids is 1. The third-order valence-corrected chi connectivity index (χ3v) is 6.56. The summed E-state index contributed by atoms with van der Waals surface area (Å²) in [7, 11) is -4.03. The zero-order valence-corrected chi connectivity index (χ0v) is 16.4. The van der Waals surface area contributed by atoms with Crippen molar-refractivity contribution in [2.45, 2.75) is 25.3 Å². The van der Waals surface area contributed by atoms with Crippen molar-refractivity contribution in [2.75, 3.05) is 31.3 Å². The summed E-state index contributed by atoms with van der Waals surface area (Å²) in [5.74, 6) is 0.0150. The van der Waals surface area contributed by atoms with Gasteiger partial charge in [0, 0.05) is 18.7 Å². The summed E-state index contributed by atoms with van der Waals surface area (Å²) in [5.41, 5.74) is 1.91. The maximum Gasteiger partial charge on any atom is 0.286 e. The van der Waals surface area contributed by atoms with E-state index < -0.39 is 20.8 Å². The highest BCUT2D eigenvalue weighted by Gasteiger charge is 2.39. The van der Waals surface area contributed by atoms with Gasteiger partial charge in [-0.15, -0.1) is 0 Å². The number of hydrogen-bond acceptors (Lipinski definition) is 8. The minimum Gasteiger partial charge on any atom is -0.378 e. The van der Waals surface area contributed by atoms with Gasteiger partial charge >= 0.3 is 0 Å². The zero-order chi connectivity index (χ0) is 19.9. The van der Waals surface area contributed by atoms with Crippen molar-refractivity contribution >= 4 is 26.5 Å². The van der Waals surface area contributed by atoms with Crippen LogP contribution in [0.5, 0.6) is 0 Å². The van der Waals surface area contributed by atoms with E-state index in [9.17, 15) is 13.2 Å². The molecule has 0 atom stereocenters. The molecule has 2 aliphatic rings. The van der Waals surface area contributed by atoms with Gasteiger partial charge in [0.15, 0.2) is 0 Å². The van der Waals surface area contributed by atoms with Crippen molar-refractivity contribution in [3.63, 3.8) is 0 Å². The quantitative estimate of drug-likeness (QED) is 0.758. The number of aryl methyl sites for hydroxylation is 2. The molecule has 0 saturated carbocycles. The summed E-state index contributed by atoms with van der Waals surface area (Å²) in [5, 5.41) is 9.26. The number of hydrazone groups is 1. The molecule has 0 bridgehead atoms. The lowest BCUT2D eigenvalue weighted by molar-refractivity contribution is -0.127. The fourth-order valence-corrected chi connectivity index (χ4v) is 4.76. The highest BCUT2D eigenvalue weighted by Crippen LogP contribution is 2.33. The number of anilines is 1. The van der Waals surface area contributed by atoms with Crippen molar-refractivity contribution < 1.29 is 22.5 Å². The van der Waals surface area contributed by atoms with E-state index in [2.05, 4.69) is 10.3 Å². The fraction of sp³-hybridized carbons (Fsp3) is 0.389. The Morgan fingerprint density at radius 2 is 1.89 bits per heavy atom. The van der Waals surface area contributed by atoms with Crippen LogP contribution in [0.2, 0.25) is 0 Å². The third kappa shape index (κ3) is 3.08. The summed E-state index contributed by atoms with van der Waals surface area (Å²) in [4.78, 5) is 14.5. The molecular weight excluding hydrogens is 384 g/mol. The average molecular weight is 404 g/mol. The van der Waals surface area contributed by atoms with Gasteiger partial charge in [-0.2, -0.15) is 5.10 Å². The Morgan fingerprint density at radius 1 is 1.18 bits per heavy atom. The number of para-hydroxylation sites is 1. The van der Waals surface area contributed by atoms with Crippen LogP contribution in [0.1, 0.15) is 17.0 Å². The number of amides is 1. The van der Waals surface area contributed by atoms with E-state index in [4.69, 9.17) is 9.26 Å². The van der Waals surface area contributed by atoms with Crippen LogP contribution in [0.15, 0.2) is 38.8 Å². The predicted octanol–water partition coefficient (Wildman–Crippen LogP) is 1.26. The number of rotatable bonds is 3. The van der Waals surface area contributed by atoms with E-state index in [1.54, 1.807) is 25.1 Å². The van der Waals surface area contributed by atoms with Crippen LogP contribution in [-0.2, 0) is 25.9 Å². The monoisotopic (exact) mass is 404 g/mol. The van der Waals surface area contributed by atoms with Crippen LogP contribution in [0.3, 0.4) is 0 Å². The molecule has 3 heterocycles. The topological polar surface area (TPSA) is 105 Å². The normalized spacial score (nSPS) is 18.6. The molecular formula is C18H20N4O5S. The summed E-state index contributed by atoms with van der Waals surface area (Å²) >= 11 is 0. The standard InChI is InChI=1S/C18H20N4O5S/c1-12-14(13(2)27-20-12)11-22-15-5-3-4-6-16(15)28(24,25)17(19-22)18(23)21-7-9-26-10-8-21/h3-6H,7-11H2,1-2H3. The Morgan fingerprint density at radius 3 is 2.57 bits per heavy atom. The lowest BCUT2D eigenvalue weighted by atomic mass is 10.2. The maximum atomic E-state index is 13.1. The summed E-state index contributed by atoms with van der Waals surface area (Å²) in [6, 6.07) is 6.53. The maximum absolute atomic E-state index is 13.1.